The maximum absolute atomic E-state index is 5.81. The number of anilines is 1. The molecule has 3 heteroatoms. The van der Waals surface area contributed by atoms with Crippen LogP contribution in [0.15, 0.2) is 24.3 Å². The van der Waals surface area contributed by atoms with E-state index >= 15 is 0 Å². The van der Waals surface area contributed by atoms with Gasteiger partial charge in [-0.3, -0.25) is 0 Å². The van der Waals surface area contributed by atoms with Crippen molar-refractivity contribution in [3.8, 4) is 0 Å². The van der Waals surface area contributed by atoms with Gasteiger partial charge >= 0.3 is 0 Å². The van der Waals surface area contributed by atoms with Gasteiger partial charge in [-0.2, -0.15) is 0 Å². The Morgan fingerprint density at radius 3 is 2.83 bits per heavy atom. The van der Waals surface area contributed by atoms with E-state index in [1.807, 2.05) is 18.2 Å². The summed E-state index contributed by atoms with van der Waals surface area (Å²) in [5.41, 5.74) is 13.9. The Morgan fingerprint density at radius 1 is 1.25 bits per heavy atom. The van der Waals surface area contributed by atoms with Crippen LogP contribution in [0.25, 0.3) is 0 Å². The molecule has 1 aliphatic rings. The molecule has 12 heavy (non-hydrogen) atoms. The smallest absolute Gasteiger partial charge is 0.0901 e. The zero-order valence-corrected chi connectivity index (χ0v) is 6.83. The number of rotatable bonds is 0. The molecule has 0 saturated heterocycles. The van der Waals surface area contributed by atoms with Gasteiger partial charge in [0.05, 0.1) is 6.17 Å². The summed E-state index contributed by atoms with van der Waals surface area (Å²) in [6.07, 6.45) is 0.754. The van der Waals surface area contributed by atoms with Gasteiger partial charge in [-0.1, -0.05) is 18.2 Å². The lowest BCUT2D eigenvalue weighted by Crippen LogP contribution is -2.50. The van der Waals surface area contributed by atoms with E-state index in [0.29, 0.717) is 0 Å². The average molecular weight is 163 g/mol. The number of hydrogen-bond donors (Lipinski definition) is 3. The average Bonchev–Trinajstić information content (AvgIpc) is 2.07. The molecule has 0 saturated carbocycles. The van der Waals surface area contributed by atoms with Crippen molar-refractivity contribution in [3.63, 3.8) is 0 Å². The SMILES string of the molecule is NC1Cc2ccccc2NC1N. The number of nitrogens with two attached hydrogens (primary N) is 2. The van der Waals surface area contributed by atoms with Crippen LogP contribution in [0.1, 0.15) is 5.56 Å². The minimum absolute atomic E-state index is 0.0277. The maximum Gasteiger partial charge on any atom is 0.0901 e. The van der Waals surface area contributed by atoms with Gasteiger partial charge in [0.15, 0.2) is 0 Å². The molecule has 0 radical (unpaired) electrons. The molecule has 1 heterocycles. The lowest BCUT2D eigenvalue weighted by Gasteiger charge is -2.29. The normalized spacial score (nSPS) is 27.5. The van der Waals surface area contributed by atoms with Crippen molar-refractivity contribution in [1.29, 1.82) is 0 Å². The van der Waals surface area contributed by atoms with E-state index in [0.717, 1.165) is 12.1 Å². The van der Waals surface area contributed by atoms with E-state index in [-0.39, 0.29) is 12.2 Å². The minimum atomic E-state index is -0.111. The lowest BCUT2D eigenvalue weighted by atomic mass is 9.98. The molecule has 1 aromatic carbocycles. The molecule has 0 aliphatic carbocycles. The molecule has 0 bridgehead atoms. The topological polar surface area (TPSA) is 64.1 Å². The molecule has 5 N–H and O–H groups in total. The Morgan fingerprint density at radius 2 is 2.00 bits per heavy atom. The zero-order chi connectivity index (χ0) is 8.55. The lowest BCUT2D eigenvalue weighted by molar-refractivity contribution is 0.550. The molecule has 0 amide bonds. The van der Waals surface area contributed by atoms with Crippen molar-refractivity contribution in [1.82, 2.24) is 0 Å². The minimum Gasteiger partial charge on any atom is -0.368 e. The quantitative estimate of drug-likeness (QED) is 0.514. The summed E-state index contributed by atoms with van der Waals surface area (Å²) in [5.74, 6) is 0. The molecule has 64 valence electrons. The van der Waals surface area contributed by atoms with Crippen molar-refractivity contribution in [2.45, 2.75) is 18.6 Å². The molecular weight excluding hydrogens is 150 g/mol. The highest BCUT2D eigenvalue weighted by molar-refractivity contribution is 5.54. The highest BCUT2D eigenvalue weighted by Crippen LogP contribution is 2.21. The van der Waals surface area contributed by atoms with Gasteiger partial charge in [-0.05, 0) is 18.1 Å². The Bertz CT molecular complexity index is 256. The van der Waals surface area contributed by atoms with Gasteiger partial charge in [0.25, 0.3) is 0 Å². The van der Waals surface area contributed by atoms with Gasteiger partial charge in [0.1, 0.15) is 0 Å². The number of benzene rings is 1. The van der Waals surface area contributed by atoms with Gasteiger partial charge < -0.3 is 16.8 Å². The second kappa shape index (κ2) is 2.77. The predicted octanol–water partition coefficient (Wildman–Crippen LogP) is 0.267. The van der Waals surface area contributed by atoms with Crippen molar-refractivity contribution >= 4 is 5.69 Å². The van der Waals surface area contributed by atoms with Crippen molar-refractivity contribution < 1.29 is 0 Å². The van der Waals surface area contributed by atoms with Gasteiger partial charge in [-0.15, -0.1) is 0 Å². The van der Waals surface area contributed by atoms with Crippen LogP contribution < -0.4 is 16.8 Å². The Labute approximate surface area is 71.8 Å². The van der Waals surface area contributed by atoms with Crippen LogP contribution in [0.4, 0.5) is 5.69 Å². The molecule has 1 aromatic rings. The summed E-state index contributed by atoms with van der Waals surface area (Å²) in [6, 6.07) is 8.15. The van der Waals surface area contributed by atoms with Crippen LogP contribution in [0.2, 0.25) is 0 Å². The summed E-state index contributed by atoms with van der Waals surface area (Å²) in [7, 11) is 0. The van der Waals surface area contributed by atoms with Crippen molar-refractivity contribution in [2.75, 3.05) is 5.32 Å². The first-order chi connectivity index (χ1) is 5.77. The summed E-state index contributed by atoms with van der Waals surface area (Å²) >= 11 is 0. The summed E-state index contributed by atoms with van der Waals surface area (Å²) < 4.78 is 0. The first-order valence-electron chi connectivity index (χ1n) is 4.13. The molecule has 0 spiro atoms. The Balaban J connectivity index is 2.34. The fraction of sp³-hybridized carbons (Fsp3) is 0.333. The Hall–Kier alpha value is -1.06. The molecule has 2 unspecified atom stereocenters. The maximum atomic E-state index is 5.81. The molecule has 3 nitrogen and oxygen atoms in total. The van der Waals surface area contributed by atoms with Crippen molar-refractivity contribution in [2.24, 2.45) is 11.5 Å². The van der Waals surface area contributed by atoms with Gasteiger partial charge in [-0.25, -0.2) is 0 Å². The Kier molecular flexibility index (Phi) is 1.75. The number of fused-ring (bicyclic) bond motifs is 1. The first kappa shape index (κ1) is 7.58. The van der Waals surface area contributed by atoms with Gasteiger partial charge in [0, 0.05) is 11.7 Å². The molecular formula is C9H13N3. The van der Waals surface area contributed by atoms with Crippen LogP contribution >= 0.6 is 0 Å². The molecule has 2 rings (SSSR count). The van der Waals surface area contributed by atoms with E-state index in [1.54, 1.807) is 0 Å². The summed E-state index contributed by atoms with van der Waals surface area (Å²) in [6.45, 7) is 0. The fourth-order valence-corrected chi connectivity index (χ4v) is 1.51. The van der Waals surface area contributed by atoms with E-state index in [2.05, 4.69) is 11.4 Å². The zero-order valence-electron chi connectivity index (χ0n) is 6.83. The molecule has 2 atom stereocenters. The van der Waals surface area contributed by atoms with Crippen LogP contribution in [-0.4, -0.2) is 12.2 Å². The largest absolute Gasteiger partial charge is 0.368 e. The summed E-state index contributed by atoms with van der Waals surface area (Å²) in [4.78, 5) is 0. The van der Waals surface area contributed by atoms with Crippen LogP contribution in [0.5, 0.6) is 0 Å². The highest BCUT2D eigenvalue weighted by Gasteiger charge is 2.20. The van der Waals surface area contributed by atoms with Crippen molar-refractivity contribution in [3.05, 3.63) is 29.8 Å². The number of nitrogens with one attached hydrogen (secondary N) is 1. The number of para-hydroxylation sites is 1. The second-order valence-corrected chi connectivity index (χ2v) is 3.20. The fourth-order valence-electron chi connectivity index (χ4n) is 1.51. The third-order valence-corrected chi connectivity index (χ3v) is 2.26. The number of hydrogen-bond acceptors (Lipinski definition) is 3. The first-order valence-corrected chi connectivity index (χ1v) is 4.13. The molecule has 0 fully saturated rings. The third kappa shape index (κ3) is 1.17. The molecule has 0 aromatic heterocycles. The van der Waals surface area contributed by atoms with E-state index in [1.165, 1.54) is 5.56 Å². The predicted molar refractivity (Wildman–Crippen MR) is 49.7 cm³/mol. The third-order valence-electron chi connectivity index (χ3n) is 2.26. The van der Waals surface area contributed by atoms with Gasteiger partial charge in [0.2, 0.25) is 0 Å². The standard InChI is InChI=1S/C9H13N3/c10-7-5-6-3-1-2-4-8(6)12-9(7)11/h1-4,7,9,12H,5,10-11H2. The monoisotopic (exact) mass is 163 g/mol. The van der Waals surface area contributed by atoms with E-state index in [4.69, 9.17) is 11.5 Å². The van der Waals surface area contributed by atoms with Crippen LogP contribution in [-0.2, 0) is 6.42 Å². The van der Waals surface area contributed by atoms with Crippen LogP contribution in [0, 0.1) is 0 Å². The summed E-state index contributed by atoms with van der Waals surface area (Å²) in [5, 5.41) is 3.16. The second-order valence-electron chi connectivity index (χ2n) is 3.20. The molecule has 1 aliphatic heterocycles. The van der Waals surface area contributed by atoms with E-state index < -0.39 is 0 Å². The van der Waals surface area contributed by atoms with Crippen LogP contribution in [0.3, 0.4) is 0 Å². The van der Waals surface area contributed by atoms with E-state index in [9.17, 15) is 0 Å². The highest BCUT2D eigenvalue weighted by atomic mass is 15.1.